The van der Waals surface area contributed by atoms with E-state index in [2.05, 4.69) is 50.7 Å². The number of methoxy groups -OCH3 is 1. The molecule has 8 nitrogen and oxygen atoms in total. The standard InChI is InChI=1S/C34H33N7O/c1-3-25-11-9-14-27(19-25)30-20-28(21-33(36-30)37-32(24-42-2)26-12-5-4-6-13-26)31-23-41(39-38-31)22-29-15-10-16-34(35-29)40-17-7-8-18-40/h1,4-6,9-16,19-21,23,32H,7-8,17-18,22,24H2,2H3,(H,36,37)/t32-/m0/s1. The first-order chi connectivity index (χ1) is 20.7. The highest BCUT2D eigenvalue weighted by atomic mass is 16.5. The lowest BCUT2D eigenvalue weighted by Crippen LogP contribution is -2.19. The predicted molar refractivity (Wildman–Crippen MR) is 166 cm³/mol. The largest absolute Gasteiger partial charge is 0.382 e. The van der Waals surface area contributed by atoms with Crippen LogP contribution in [0.3, 0.4) is 0 Å². The summed E-state index contributed by atoms with van der Waals surface area (Å²) >= 11 is 0. The van der Waals surface area contributed by atoms with Crippen molar-refractivity contribution in [1.29, 1.82) is 0 Å². The molecule has 1 saturated heterocycles. The lowest BCUT2D eigenvalue weighted by molar-refractivity contribution is 0.186. The van der Waals surface area contributed by atoms with Gasteiger partial charge in [0.05, 0.1) is 36.8 Å². The number of nitrogens with one attached hydrogen (secondary N) is 1. The SMILES string of the molecule is C#Cc1cccc(-c2cc(-c3cn(Cc4cccc(N5CCCC5)n4)nn3)cc(N[C@@H](COC)c3ccccc3)n2)c1. The second-order valence-electron chi connectivity index (χ2n) is 10.4. The number of nitrogens with zero attached hydrogens (tertiary/aromatic N) is 6. The molecule has 1 N–H and O–H groups in total. The van der Waals surface area contributed by atoms with Gasteiger partial charge >= 0.3 is 0 Å². The summed E-state index contributed by atoms with van der Waals surface area (Å²) in [6.45, 7) is 3.14. The third-order valence-corrected chi connectivity index (χ3v) is 7.39. The number of terminal acetylenes is 1. The van der Waals surface area contributed by atoms with Crippen LogP contribution in [0.2, 0.25) is 0 Å². The molecule has 0 spiro atoms. The smallest absolute Gasteiger partial charge is 0.128 e. The zero-order valence-electron chi connectivity index (χ0n) is 23.6. The molecule has 3 aromatic heterocycles. The van der Waals surface area contributed by atoms with Gasteiger partial charge in [-0.25, -0.2) is 14.6 Å². The van der Waals surface area contributed by atoms with Gasteiger partial charge < -0.3 is 15.0 Å². The van der Waals surface area contributed by atoms with Crippen LogP contribution in [0.1, 0.15) is 35.7 Å². The zero-order valence-corrected chi connectivity index (χ0v) is 23.6. The van der Waals surface area contributed by atoms with Crippen LogP contribution < -0.4 is 10.2 Å². The van der Waals surface area contributed by atoms with E-state index >= 15 is 0 Å². The number of pyridine rings is 2. The average Bonchev–Trinajstić information content (AvgIpc) is 3.75. The molecule has 0 bridgehead atoms. The molecule has 0 amide bonds. The molecule has 4 heterocycles. The van der Waals surface area contributed by atoms with Crippen molar-refractivity contribution in [3.05, 3.63) is 108 Å². The molecule has 6 rings (SSSR count). The summed E-state index contributed by atoms with van der Waals surface area (Å²) in [6.07, 6.45) is 10.1. The Morgan fingerprint density at radius 3 is 2.55 bits per heavy atom. The molecular weight excluding hydrogens is 522 g/mol. The maximum Gasteiger partial charge on any atom is 0.128 e. The van der Waals surface area contributed by atoms with Crippen molar-refractivity contribution in [2.24, 2.45) is 0 Å². The monoisotopic (exact) mass is 555 g/mol. The van der Waals surface area contributed by atoms with Crippen molar-refractivity contribution in [3.8, 4) is 34.9 Å². The number of hydrogen-bond donors (Lipinski definition) is 1. The van der Waals surface area contributed by atoms with Crippen molar-refractivity contribution in [3.63, 3.8) is 0 Å². The summed E-state index contributed by atoms with van der Waals surface area (Å²) in [5, 5.41) is 12.5. The second kappa shape index (κ2) is 12.7. The van der Waals surface area contributed by atoms with E-state index in [0.717, 1.165) is 58.2 Å². The summed E-state index contributed by atoms with van der Waals surface area (Å²) in [6, 6.07) is 28.2. The van der Waals surface area contributed by atoms with Gasteiger partial charge in [0, 0.05) is 36.9 Å². The number of anilines is 2. The van der Waals surface area contributed by atoms with Gasteiger partial charge in [0.2, 0.25) is 0 Å². The quantitative estimate of drug-likeness (QED) is 0.217. The molecule has 0 unspecified atom stereocenters. The maximum atomic E-state index is 5.70. The molecule has 0 radical (unpaired) electrons. The summed E-state index contributed by atoms with van der Waals surface area (Å²) in [7, 11) is 1.70. The van der Waals surface area contributed by atoms with E-state index in [-0.39, 0.29) is 6.04 Å². The fourth-order valence-electron chi connectivity index (χ4n) is 5.27. The fourth-order valence-corrected chi connectivity index (χ4v) is 5.27. The van der Waals surface area contributed by atoms with Gasteiger partial charge in [0.25, 0.3) is 0 Å². The third kappa shape index (κ3) is 6.32. The number of benzene rings is 2. The molecule has 1 atom stereocenters. The van der Waals surface area contributed by atoms with Gasteiger partial charge in [-0.2, -0.15) is 0 Å². The molecule has 42 heavy (non-hydrogen) atoms. The van der Waals surface area contributed by atoms with Gasteiger partial charge in [0.15, 0.2) is 0 Å². The highest BCUT2D eigenvalue weighted by molar-refractivity contribution is 5.72. The molecule has 2 aromatic carbocycles. The molecule has 1 fully saturated rings. The van der Waals surface area contributed by atoms with Crippen LogP contribution in [-0.4, -0.2) is 51.8 Å². The van der Waals surface area contributed by atoms with E-state index in [1.165, 1.54) is 12.8 Å². The lowest BCUT2D eigenvalue weighted by atomic mass is 10.0. The molecule has 0 aliphatic carbocycles. The zero-order chi connectivity index (χ0) is 28.7. The normalized spacial score (nSPS) is 13.6. The number of ether oxygens (including phenoxy) is 1. The Kier molecular flexibility index (Phi) is 8.20. The van der Waals surface area contributed by atoms with Crippen LogP contribution in [0.5, 0.6) is 0 Å². The number of rotatable bonds is 10. The van der Waals surface area contributed by atoms with Gasteiger partial charge in [-0.05, 0) is 54.8 Å². The minimum absolute atomic E-state index is 0.0894. The first-order valence-corrected chi connectivity index (χ1v) is 14.2. The molecule has 5 aromatic rings. The van der Waals surface area contributed by atoms with Crippen LogP contribution in [0.4, 0.5) is 11.6 Å². The van der Waals surface area contributed by atoms with Gasteiger partial charge in [0.1, 0.15) is 17.3 Å². The minimum atomic E-state index is -0.0894. The third-order valence-electron chi connectivity index (χ3n) is 7.39. The van der Waals surface area contributed by atoms with E-state index < -0.39 is 0 Å². The van der Waals surface area contributed by atoms with Crippen LogP contribution in [0, 0.1) is 12.3 Å². The number of hydrogen-bond acceptors (Lipinski definition) is 7. The minimum Gasteiger partial charge on any atom is -0.382 e. The van der Waals surface area contributed by atoms with Gasteiger partial charge in [-0.15, -0.1) is 11.5 Å². The van der Waals surface area contributed by atoms with Crippen molar-refractivity contribution >= 4 is 11.6 Å². The Morgan fingerprint density at radius 1 is 0.905 bits per heavy atom. The van der Waals surface area contributed by atoms with Gasteiger partial charge in [-0.3, -0.25) is 0 Å². The first kappa shape index (κ1) is 27.2. The van der Waals surface area contributed by atoms with Crippen LogP contribution in [0.15, 0.2) is 91.1 Å². The molecule has 1 aliphatic heterocycles. The summed E-state index contributed by atoms with van der Waals surface area (Å²) < 4.78 is 7.37. The Balaban J connectivity index is 1.32. The van der Waals surface area contributed by atoms with Crippen molar-refractivity contribution in [2.75, 3.05) is 37.0 Å². The van der Waals surface area contributed by atoms with E-state index in [1.807, 2.05) is 71.5 Å². The molecule has 1 aliphatic rings. The average molecular weight is 556 g/mol. The van der Waals surface area contributed by atoms with Gasteiger partial charge in [-0.1, -0.05) is 59.7 Å². The Bertz CT molecular complexity index is 1690. The summed E-state index contributed by atoms with van der Waals surface area (Å²) in [4.78, 5) is 12.2. The van der Waals surface area contributed by atoms with E-state index in [9.17, 15) is 0 Å². The van der Waals surface area contributed by atoms with Crippen LogP contribution >= 0.6 is 0 Å². The van der Waals surface area contributed by atoms with Crippen LogP contribution in [-0.2, 0) is 11.3 Å². The number of aromatic nitrogens is 5. The molecule has 210 valence electrons. The van der Waals surface area contributed by atoms with Crippen molar-refractivity contribution < 1.29 is 4.74 Å². The molecular formula is C34H33N7O. The maximum absolute atomic E-state index is 5.70. The molecule has 8 heteroatoms. The highest BCUT2D eigenvalue weighted by Gasteiger charge is 2.17. The van der Waals surface area contributed by atoms with Crippen molar-refractivity contribution in [2.45, 2.75) is 25.4 Å². The predicted octanol–water partition coefficient (Wildman–Crippen LogP) is 5.83. The van der Waals surface area contributed by atoms with Crippen molar-refractivity contribution in [1.82, 2.24) is 25.0 Å². The molecule has 0 saturated carbocycles. The summed E-state index contributed by atoms with van der Waals surface area (Å²) in [5.41, 5.74) is 6.20. The van der Waals surface area contributed by atoms with E-state index in [1.54, 1.807) is 7.11 Å². The Morgan fingerprint density at radius 2 is 1.74 bits per heavy atom. The summed E-state index contributed by atoms with van der Waals surface area (Å²) in [5.74, 6) is 4.45. The van der Waals surface area contributed by atoms with E-state index in [0.29, 0.717) is 19.0 Å². The Hall–Kier alpha value is -5.00. The highest BCUT2D eigenvalue weighted by Crippen LogP contribution is 2.29. The fraction of sp³-hybridized carbons (Fsp3) is 0.235. The first-order valence-electron chi connectivity index (χ1n) is 14.2. The van der Waals surface area contributed by atoms with Crippen LogP contribution in [0.25, 0.3) is 22.5 Å². The Labute approximate surface area is 246 Å². The lowest BCUT2D eigenvalue weighted by Gasteiger charge is -2.20. The van der Waals surface area contributed by atoms with E-state index in [4.69, 9.17) is 21.1 Å². The second-order valence-corrected chi connectivity index (χ2v) is 10.4. The topological polar surface area (TPSA) is 81.0 Å².